The number of hydrogen-bond donors (Lipinski definition) is 0. The summed E-state index contributed by atoms with van der Waals surface area (Å²) in [5.41, 5.74) is 1.48. The first-order valence-electron chi connectivity index (χ1n) is 8.12. The highest BCUT2D eigenvalue weighted by molar-refractivity contribution is 7.99. The van der Waals surface area contributed by atoms with Gasteiger partial charge in [0.15, 0.2) is 16.8 Å². The predicted octanol–water partition coefficient (Wildman–Crippen LogP) is 4.60. The quantitative estimate of drug-likeness (QED) is 0.438. The maximum absolute atomic E-state index is 12.4. The summed E-state index contributed by atoms with van der Waals surface area (Å²) in [5, 5.41) is 9.84. The number of nitrogens with zero attached hydrogens (tertiary/aromatic N) is 3. The fourth-order valence-electron chi connectivity index (χ4n) is 2.51. The monoisotopic (exact) mass is 387 g/mol. The lowest BCUT2D eigenvalue weighted by Crippen LogP contribution is -2.05. The van der Waals surface area contributed by atoms with E-state index in [1.54, 1.807) is 31.4 Å². The van der Waals surface area contributed by atoms with Gasteiger partial charge in [-0.2, -0.15) is 0 Å². The zero-order chi connectivity index (χ0) is 18.5. The van der Waals surface area contributed by atoms with Crippen molar-refractivity contribution in [2.45, 2.75) is 18.6 Å². The standard InChI is InChI=1S/C19H18ClN3O2S/c1-3-23-18(15-6-4-5-7-16(15)20)21-22-19(23)26-12-17(24)13-8-10-14(25-2)11-9-13/h4-11H,3,12H2,1-2H3. The molecule has 0 bridgehead atoms. The molecule has 0 fully saturated rings. The van der Waals surface area contributed by atoms with Crippen molar-refractivity contribution < 1.29 is 9.53 Å². The molecule has 0 aliphatic carbocycles. The van der Waals surface area contributed by atoms with Crippen LogP contribution in [-0.2, 0) is 6.54 Å². The molecule has 2 aromatic carbocycles. The number of aromatic nitrogens is 3. The van der Waals surface area contributed by atoms with Gasteiger partial charge in [-0.1, -0.05) is 35.5 Å². The molecule has 26 heavy (non-hydrogen) atoms. The Hall–Kier alpha value is -2.31. The number of methoxy groups -OCH3 is 1. The minimum atomic E-state index is 0.0302. The second kappa shape index (κ2) is 8.38. The van der Waals surface area contributed by atoms with Crippen LogP contribution >= 0.6 is 23.4 Å². The van der Waals surface area contributed by atoms with Crippen LogP contribution in [0.1, 0.15) is 17.3 Å². The van der Waals surface area contributed by atoms with Gasteiger partial charge in [0.25, 0.3) is 0 Å². The first-order valence-corrected chi connectivity index (χ1v) is 9.48. The topological polar surface area (TPSA) is 57.0 Å². The van der Waals surface area contributed by atoms with Crippen LogP contribution in [-0.4, -0.2) is 33.4 Å². The molecule has 3 rings (SSSR count). The van der Waals surface area contributed by atoms with Crippen LogP contribution in [0.25, 0.3) is 11.4 Å². The number of Topliss-reactive ketones (excluding diaryl/α,β-unsaturated/α-hetero) is 1. The molecule has 0 aliphatic rings. The predicted molar refractivity (Wildman–Crippen MR) is 104 cm³/mol. The van der Waals surface area contributed by atoms with Gasteiger partial charge in [-0.15, -0.1) is 10.2 Å². The second-order valence-electron chi connectivity index (χ2n) is 5.47. The number of halogens is 1. The summed E-state index contributed by atoms with van der Waals surface area (Å²) in [4.78, 5) is 12.4. The number of ether oxygens (including phenoxy) is 1. The molecule has 0 N–H and O–H groups in total. The third-order valence-electron chi connectivity index (χ3n) is 3.89. The van der Waals surface area contributed by atoms with Crippen LogP contribution in [0.5, 0.6) is 5.75 Å². The van der Waals surface area contributed by atoms with Crippen LogP contribution in [0.3, 0.4) is 0 Å². The van der Waals surface area contributed by atoms with Crippen molar-refractivity contribution in [3.63, 3.8) is 0 Å². The smallest absolute Gasteiger partial charge is 0.191 e. The highest BCUT2D eigenvalue weighted by Crippen LogP contribution is 2.29. The molecule has 1 heterocycles. The van der Waals surface area contributed by atoms with Gasteiger partial charge in [0.05, 0.1) is 17.9 Å². The first kappa shape index (κ1) is 18.5. The maximum Gasteiger partial charge on any atom is 0.191 e. The highest BCUT2D eigenvalue weighted by Gasteiger charge is 2.16. The first-order chi connectivity index (χ1) is 12.6. The Kier molecular flexibility index (Phi) is 5.96. The van der Waals surface area contributed by atoms with E-state index in [1.807, 2.05) is 35.8 Å². The molecule has 0 aliphatic heterocycles. The fourth-order valence-corrected chi connectivity index (χ4v) is 3.63. The van der Waals surface area contributed by atoms with E-state index in [4.69, 9.17) is 16.3 Å². The molecule has 0 spiro atoms. The lowest BCUT2D eigenvalue weighted by Gasteiger charge is -2.08. The van der Waals surface area contributed by atoms with E-state index in [1.165, 1.54) is 11.8 Å². The Morgan fingerprint density at radius 3 is 2.54 bits per heavy atom. The molecule has 3 aromatic rings. The van der Waals surface area contributed by atoms with Gasteiger partial charge in [0.1, 0.15) is 5.75 Å². The lowest BCUT2D eigenvalue weighted by atomic mass is 10.1. The molecular formula is C19H18ClN3O2S. The van der Waals surface area contributed by atoms with Crippen LogP contribution in [0.4, 0.5) is 0 Å². The van der Waals surface area contributed by atoms with Crippen LogP contribution in [0.15, 0.2) is 53.7 Å². The summed E-state index contributed by atoms with van der Waals surface area (Å²) in [6.45, 7) is 2.70. The molecular weight excluding hydrogens is 370 g/mol. The normalized spacial score (nSPS) is 10.7. The van der Waals surface area contributed by atoms with Gasteiger partial charge < -0.3 is 9.30 Å². The maximum atomic E-state index is 12.4. The number of ketones is 1. The minimum absolute atomic E-state index is 0.0302. The lowest BCUT2D eigenvalue weighted by molar-refractivity contribution is 0.102. The molecule has 0 saturated carbocycles. The number of thioether (sulfide) groups is 1. The zero-order valence-electron chi connectivity index (χ0n) is 14.5. The SMILES string of the molecule is CCn1c(SCC(=O)c2ccc(OC)cc2)nnc1-c1ccccc1Cl. The number of carbonyl (C=O) groups excluding carboxylic acids is 1. The average Bonchev–Trinajstić information content (AvgIpc) is 3.09. The van der Waals surface area contributed by atoms with E-state index in [2.05, 4.69) is 10.2 Å². The van der Waals surface area contributed by atoms with Crippen LogP contribution < -0.4 is 4.74 Å². The molecule has 7 heteroatoms. The van der Waals surface area contributed by atoms with E-state index in [0.29, 0.717) is 28.1 Å². The number of benzene rings is 2. The molecule has 0 saturated heterocycles. The van der Waals surface area contributed by atoms with Gasteiger partial charge in [-0.05, 0) is 43.3 Å². The number of rotatable bonds is 7. The zero-order valence-corrected chi connectivity index (χ0v) is 16.0. The molecule has 134 valence electrons. The Labute approximate surface area is 161 Å². The fraction of sp³-hybridized carbons (Fsp3) is 0.211. The third kappa shape index (κ3) is 3.92. The largest absolute Gasteiger partial charge is 0.497 e. The molecule has 0 amide bonds. The van der Waals surface area contributed by atoms with E-state index in [9.17, 15) is 4.79 Å². The van der Waals surface area contributed by atoms with E-state index >= 15 is 0 Å². The van der Waals surface area contributed by atoms with Crippen molar-refractivity contribution in [2.75, 3.05) is 12.9 Å². The summed E-state index contributed by atoms with van der Waals surface area (Å²) in [6.07, 6.45) is 0. The highest BCUT2D eigenvalue weighted by atomic mass is 35.5. The Balaban J connectivity index is 1.76. The van der Waals surface area contributed by atoms with Crippen LogP contribution in [0.2, 0.25) is 5.02 Å². The van der Waals surface area contributed by atoms with Crippen molar-refractivity contribution in [1.82, 2.24) is 14.8 Å². The summed E-state index contributed by atoms with van der Waals surface area (Å²) in [6, 6.07) is 14.6. The number of hydrogen-bond acceptors (Lipinski definition) is 5. The second-order valence-corrected chi connectivity index (χ2v) is 6.82. The van der Waals surface area contributed by atoms with Gasteiger partial charge in [0, 0.05) is 17.7 Å². The minimum Gasteiger partial charge on any atom is -0.497 e. The van der Waals surface area contributed by atoms with Crippen molar-refractivity contribution >= 4 is 29.1 Å². The van der Waals surface area contributed by atoms with Gasteiger partial charge in [-0.3, -0.25) is 4.79 Å². The van der Waals surface area contributed by atoms with Crippen molar-refractivity contribution in [1.29, 1.82) is 0 Å². The number of carbonyl (C=O) groups is 1. The molecule has 5 nitrogen and oxygen atoms in total. The van der Waals surface area contributed by atoms with Crippen molar-refractivity contribution in [2.24, 2.45) is 0 Å². The summed E-state index contributed by atoms with van der Waals surface area (Å²) in [7, 11) is 1.60. The van der Waals surface area contributed by atoms with Gasteiger partial charge in [0.2, 0.25) is 0 Å². The third-order valence-corrected chi connectivity index (χ3v) is 5.19. The Morgan fingerprint density at radius 1 is 1.15 bits per heavy atom. The van der Waals surface area contributed by atoms with E-state index in [-0.39, 0.29) is 11.5 Å². The molecule has 1 aromatic heterocycles. The summed E-state index contributed by atoms with van der Waals surface area (Å²) in [5.74, 6) is 1.75. The average molecular weight is 388 g/mol. The van der Waals surface area contributed by atoms with Crippen molar-refractivity contribution in [3.05, 3.63) is 59.1 Å². The molecule has 0 atom stereocenters. The van der Waals surface area contributed by atoms with Crippen LogP contribution in [0, 0.1) is 0 Å². The van der Waals surface area contributed by atoms with Gasteiger partial charge in [-0.25, -0.2) is 0 Å². The Bertz CT molecular complexity index is 909. The summed E-state index contributed by atoms with van der Waals surface area (Å²) >= 11 is 7.65. The molecule has 0 radical (unpaired) electrons. The van der Waals surface area contributed by atoms with Crippen molar-refractivity contribution in [3.8, 4) is 17.1 Å². The van der Waals surface area contributed by atoms with Gasteiger partial charge >= 0.3 is 0 Å². The molecule has 0 unspecified atom stereocenters. The van der Waals surface area contributed by atoms with E-state index in [0.717, 1.165) is 11.3 Å². The Morgan fingerprint density at radius 2 is 1.88 bits per heavy atom. The van der Waals surface area contributed by atoms with E-state index < -0.39 is 0 Å². The summed E-state index contributed by atoms with van der Waals surface area (Å²) < 4.78 is 7.08.